The van der Waals surface area contributed by atoms with Gasteiger partial charge < -0.3 is 14.9 Å². The first-order valence-electron chi connectivity index (χ1n) is 2.79. The molecule has 0 aromatic heterocycles. The van der Waals surface area contributed by atoms with Gasteiger partial charge in [-0.1, -0.05) is 0 Å². The van der Waals surface area contributed by atoms with Crippen LogP contribution in [0.4, 0.5) is 0 Å². The SMILES string of the molecule is COC(=CC(=O)O)CCO. The number of ether oxygens (including phenoxy) is 1. The molecule has 0 radical (unpaired) electrons. The van der Waals surface area contributed by atoms with Crippen LogP contribution < -0.4 is 0 Å². The van der Waals surface area contributed by atoms with Gasteiger partial charge in [0, 0.05) is 6.42 Å². The van der Waals surface area contributed by atoms with Gasteiger partial charge in [0.25, 0.3) is 0 Å². The van der Waals surface area contributed by atoms with E-state index in [-0.39, 0.29) is 18.8 Å². The van der Waals surface area contributed by atoms with Crippen LogP contribution in [-0.2, 0) is 9.53 Å². The van der Waals surface area contributed by atoms with Crippen molar-refractivity contribution >= 4 is 5.97 Å². The van der Waals surface area contributed by atoms with E-state index >= 15 is 0 Å². The molecule has 0 aliphatic carbocycles. The summed E-state index contributed by atoms with van der Waals surface area (Å²) in [6.07, 6.45) is 1.17. The third-order valence-corrected chi connectivity index (χ3v) is 0.905. The van der Waals surface area contributed by atoms with Crippen molar-refractivity contribution in [3.05, 3.63) is 11.8 Å². The van der Waals surface area contributed by atoms with Gasteiger partial charge in [-0.25, -0.2) is 4.79 Å². The standard InChI is InChI=1S/C6H10O4/c1-10-5(2-3-7)4-6(8)9/h4,7H,2-3H2,1H3,(H,8,9). The first-order valence-corrected chi connectivity index (χ1v) is 2.79. The van der Waals surface area contributed by atoms with E-state index in [1.807, 2.05) is 0 Å². The average molecular weight is 146 g/mol. The maximum absolute atomic E-state index is 10.0. The highest BCUT2D eigenvalue weighted by molar-refractivity contribution is 5.80. The minimum absolute atomic E-state index is 0.104. The van der Waals surface area contributed by atoms with E-state index < -0.39 is 5.97 Å². The van der Waals surface area contributed by atoms with Crippen LogP contribution in [0.15, 0.2) is 11.8 Å². The van der Waals surface area contributed by atoms with E-state index in [1.54, 1.807) is 0 Å². The maximum atomic E-state index is 10.0. The Morgan fingerprint density at radius 1 is 1.70 bits per heavy atom. The molecule has 0 heterocycles. The van der Waals surface area contributed by atoms with Crippen molar-refractivity contribution in [2.24, 2.45) is 0 Å². The van der Waals surface area contributed by atoms with Crippen LogP contribution in [0.2, 0.25) is 0 Å². The largest absolute Gasteiger partial charge is 0.501 e. The number of methoxy groups -OCH3 is 1. The Morgan fingerprint density at radius 2 is 2.30 bits per heavy atom. The van der Waals surface area contributed by atoms with Crippen LogP contribution in [-0.4, -0.2) is 29.9 Å². The van der Waals surface area contributed by atoms with E-state index in [0.717, 1.165) is 6.08 Å². The van der Waals surface area contributed by atoms with Crippen LogP contribution in [0.25, 0.3) is 0 Å². The average Bonchev–Trinajstić information content (AvgIpc) is 1.86. The second kappa shape index (κ2) is 4.81. The number of hydrogen-bond donors (Lipinski definition) is 2. The Balaban J connectivity index is 3.91. The highest BCUT2D eigenvalue weighted by Gasteiger charge is 1.97. The van der Waals surface area contributed by atoms with E-state index in [4.69, 9.17) is 10.2 Å². The third kappa shape index (κ3) is 3.91. The first kappa shape index (κ1) is 8.97. The third-order valence-electron chi connectivity index (χ3n) is 0.905. The zero-order valence-corrected chi connectivity index (χ0v) is 5.70. The Kier molecular flexibility index (Phi) is 4.32. The van der Waals surface area contributed by atoms with Crippen LogP contribution in [0.5, 0.6) is 0 Å². The lowest BCUT2D eigenvalue weighted by atomic mass is 10.3. The molecule has 0 amide bonds. The summed E-state index contributed by atoms with van der Waals surface area (Å²) >= 11 is 0. The van der Waals surface area contributed by atoms with Crippen molar-refractivity contribution in [2.75, 3.05) is 13.7 Å². The molecule has 0 aliphatic heterocycles. The second-order valence-electron chi connectivity index (χ2n) is 1.63. The number of hydrogen-bond acceptors (Lipinski definition) is 3. The summed E-state index contributed by atoms with van der Waals surface area (Å²) < 4.78 is 4.62. The quantitative estimate of drug-likeness (QED) is 0.432. The lowest BCUT2D eigenvalue weighted by Gasteiger charge is -2.00. The van der Waals surface area contributed by atoms with Gasteiger partial charge in [0.2, 0.25) is 0 Å². The summed E-state index contributed by atoms with van der Waals surface area (Å²) in [4.78, 5) is 10.0. The summed E-state index contributed by atoms with van der Waals surface area (Å²) in [5.74, 6) is -0.791. The topological polar surface area (TPSA) is 66.8 Å². The summed E-state index contributed by atoms with van der Waals surface area (Å²) in [5.41, 5.74) is 0. The van der Waals surface area contributed by atoms with Gasteiger partial charge in [0.1, 0.15) is 5.76 Å². The molecule has 0 rings (SSSR count). The molecule has 0 unspecified atom stereocenters. The molecule has 0 atom stereocenters. The molecule has 4 nitrogen and oxygen atoms in total. The van der Waals surface area contributed by atoms with Gasteiger partial charge in [-0.05, 0) is 0 Å². The number of carboxylic acid groups (broad SMARTS) is 1. The van der Waals surface area contributed by atoms with Gasteiger partial charge in [-0.3, -0.25) is 0 Å². The van der Waals surface area contributed by atoms with Crippen molar-refractivity contribution < 1.29 is 19.7 Å². The fourth-order valence-corrected chi connectivity index (χ4v) is 0.481. The van der Waals surface area contributed by atoms with E-state index in [1.165, 1.54) is 7.11 Å². The minimum Gasteiger partial charge on any atom is -0.501 e. The van der Waals surface area contributed by atoms with Crippen LogP contribution in [0, 0.1) is 0 Å². The monoisotopic (exact) mass is 146 g/mol. The summed E-state index contributed by atoms with van der Waals surface area (Å²) in [7, 11) is 1.37. The maximum Gasteiger partial charge on any atom is 0.331 e. The zero-order valence-electron chi connectivity index (χ0n) is 5.70. The molecule has 4 heteroatoms. The molecule has 0 aromatic carbocycles. The Labute approximate surface area is 58.7 Å². The predicted molar refractivity (Wildman–Crippen MR) is 34.4 cm³/mol. The molecule has 0 saturated carbocycles. The van der Waals surface area contributed by atoms with E-state index in [2.05, 4.69) is 4.74 Å². The highest BCUT2D eigenvalue weighted by atomic mass is 16.5. The van der Waals surface area contributed by atoms with Gasteiger partial charge in [-0.2, -0.15) is 0 Å². The van der Waals surface area contributed by atoms with Crippen LogP contribution in [0.3, 0.4) is 0 Å². The number of rotatable bonds is 4. The Morgan fingerprint density at radius 3 is 2.60 bits per heavy atom. The lowest BCUT2D eigenvalue weighted by molar-refractivity contribution is -0.131. The molecule has 0 saturated heterocycles. The zero-order chi connectivity index (χ0) is 7.98. The van der Waals surface area contributed by atoms with E-state index in [0.29, 0.717) is 0 Å². The minimum atomic E-state index is -1.06. The molecule has 2 N–H and O–H groups in total. The van der Waals surface area contributed by atoms with Gasteiger partial charge >= 0.3 is 5.97 Å². The summed E-state index contributed by atoms with van der Waals surface area (Å²) in [5, 5.41) is 16.6. The van der Waals surface area contributed by atoms with Crippen molar-refractivity contribution in [1.29, 1.82) is 0 Å². The fourth-order valence-electron chi connectivity index (χ4n) is 0.481. The highest BCUT2D eigenvalue weighted by Crippen LogP contribution is 1.99. The molecule has 0 fully saturated rings. The van der Waals surface area contributed by atoms with Gasteiger partial charge in [0.15, 0.2) is 0 Å². The number of aliphatic hydroxyl groups excluding tert-OH is 1. The smallest absolute Gasteiger partial charge is 0.331 e. The molecular formula is C6H10O4. The second-order valence-corrected chi connectivity index (χ2v) is 1.63. The molecule has 10 heavy (non-hydrogen) atoms. The molecule has 0 aromatic rings. The van der Waals surface area contributed by atoms with Crippen LogP contribution in [0.1, 0.15) is 6.42 Å². The number of carbonyl (C=O) groups is 1. The van der Waals surface area contributed by atoms with E-state index in [9.17, 15) is 4.79 Å². The number of aliphatic carboxylic acids is 1. The summed E-state index contributed by atoms with van der Waals surface area (Å²) in [6, 6.07) is 0. The fraction of sp³-hybridized carbons (Fsp3) is 0.500. The number of carboxylic acids is 1. The van der Waals surface area contributed by atoms with Crippen LogP contribution >= 0.6 is 0 Å². The Hall–Kier alpha value is -1.03. The normalized spacial score (nSPS) is 11.2. The van der Waals surface area contributed by atoms with Crippen molar-refractivity contribution in [3.8, 4) is 0 Å². The molecule has 0 bridgehead atoms. The van der Waals surface area contributed by atoms with Gasteiger partial charge in [0.05, 0.1) is 19.8 Å². The summed E-state index contributed by atoms with van der Waals surface area (Å²) in [6.45, 7) is -0.104. The molecule has 0 aliphatic rings. The lowest BCUT2D eigenvalue weighted by Crippen LogP contribution is -1.96. The van der Waals surface area contributed by atoms with Gasteiger partial charge in [-0.15, -0.1) is 0 Å². The molecular weight excluding hydrogens is 136 g/mol. The first-order chi connectivity index (χ1) is 4.70. The van der Waals surface area contributed by atoms with Crippen molar-refractivity contribution in [3.63, 3.8) is 0 Å². The predicted octanol–water partition coefficient (Wildman–Crippen LogP) is -0.0163. The Bertz CT molecular complexity index is 139. The van der Waals surface area contributed by atoms with Crippen molar-refractivity contribution in [2.45, 2.75) is 6.42 Å². The molecule has 58 valence electrons. The molecule has 0 spiro atoms. The number of aliphatic hydroxyl groups is 1. The van der Waals surface area contributed by atoms with Crippen molar-refractivity contribution in [1.82, 2.24) is 0 Å².